The number of aryl methyl sites for hydroxylation is 1. The number of aromatic nitrogens is 2. The van der Waals surface area contributed by atoms with E-state index in [1.54, 1.807) is 55.1 Å². The lowest BCUT2D eigenvalue weighted by atomic mass is 10.1. The minimum Gasteiger partial charge on any atom is -0.323 e. The van der Waals surface area contributed by atoms with Gasteiger partial charge in [-0.2, -0.15) is 5.10 Å². The first-order valence-electron chi connectivity index (χ1n) is 10.5. The molecule has 0 aliphatic heterocycles. The number of carbonyl (C=O) groups is 1. The molecule has 3 rings (SSSR count). The van der Waals surface area contributed by atoms with Crippen LogP contribution in [0.25, 0.3) is 17.3 Å². The second-order valence-electron chi connectivity index (χ2n) is 7.06. The Morgan fingerprint density at radius 1 is 1.06 bits per heavy atom. The number of hydrogen-bond donors (Lipinski definition) is 1. The molecule has 1 amide bonds. The zero-order chi connectivity index (χ0) is 23.0. The molecule has 1 aromatic heterocycles. The number of amides is 1. The van der Waals surface area contributed by atoms with Crippen LogP contribution in [0.3, 0.4) is 0 Å². The van der Waals surface area contributed by atoms with E-state index in [0.29, 0.717) is 18.9 Å². The van der Waals surface area contributed by atoms with Crippen molar-refractivity contribution < 1.29 is 18.4 Å². The minimum absolute atomic E-state index is 0.187. The average molecular weight is 453 g/mol. The van der Waals surface area contributed by atoms with Crippen LogP contribution >= 0.6 is 7.60 Å². The van der Waals surface area contributed by atoms with Crippen LogP contribution in [0, 0.1) is 0 Å². The van der Waals surface area contributed by atoms with Gasteiger partial charge in [0.2, 0.25) is 5.91 Å². The largest absolute Gasteiger partial charge is 0.335 e. The fourth-order valence-corrected chi connectivity index (χ4v) is 5.02. The number of carbonyl (C=O) groups excluding carboxylic acids is 1. The molecule has 32 heavy (non-hydrogen) atoms. The van der Waals surface area contributed by atoms with Crippen molar-refractivity contribution in [2.24, 2.45) is 7.05 Å². The molecule has 7 nitrogen and oxygen atoms in total. The van der Waals surface area contributed by atoms with Gasteiger partial charge in [0, 0.05) is 29.9 Å². The number of nitrogens with zero attached hydrogens (tertiary/aromatic N) is 2. The minimum atomic E-state index is -3.16. The summed E-state index contributed by atoms with van der Waals surface area (Å²) in [6.07, 6.45) is 5.15. The Morgan fingerprint density at radius 3 is 2.34 bits per heavy atom. The second-order valence-corrected chi connectivity index (χ2v) is 9.12. The molecule has 8 heteroatoms. The summed E-state index contributed by atoms with van der Waals surface area (Å²) in [6, 6.07) is 17.0. The van der Waals surface area contributed by atoms with Gasteiger partial charge in [-0.15, -0.1) is 0 Å². The zero-order valence-corrected chi connectivity index (χ0v) is 19.4. The second kappa shape index (κ2) is 11.0. The molecule has 0 unspecified atom stereocenters. The molecule has 0 saturated heterocycles. The molecule has 0 atom stereocenters. The smallest absolute Gasteiger partial charge is 0.323 e. The summed E-state index contributed by atoms with van der Waals surface area (Å²) in [6.45, 7) is 4.21. The van der Waals surface area contributed by atoms with E-state index in [9.17, 15) is 9.36 Å². The van der Waals surface area contributed by atoms with Crippen molar-refractivity contribution in [3.05, 3.63) is 78.0 Å². The van der Waals surface area contributed by atoms with Crippen LogP contribution in [-0.4, -0.2) is 28.9 Å². The Balaban J connectivity index is 1.65. The van der Waals surface area contributed by atoms with Crippen molar-refractivity contribution in [3.8, 4) is 11.3 Å². The van der Waals surface area contributed by atoms with Gasteiger partial charge in [0.25, 0.3) is 0 Å². The van der Waals surface area contributed by atoms with Gasteiger partial charge in [-0.05, 0) is 37.6 Å². The van der Waals surface area contributed by atoms with Crippen LogP contribution in [-0.2, 0) is 31.6 Å². The molecule has 0 aliphatic rings. The maximum atomic E-state index is 12.7. The molecule has 0 spiro atoms. The molecule has 0 saturated carbocycles. The monoisotopic (exact) mass is 453 g/mol. The Kier molecular flexibility index (Phi) is 8.17. The third kappa shape index (κ3) is 6.26. The third-order valence-electron chi connectivity index (χ3n) is 4.68. The SMILES string of the molecule is CCOP(=O)(Cc1ccc(NC(=O)/C=C/c2cnn(C)c2-c2ccccc2)cc1)OCC. The van der Waals surface area contributed by atoms with E-state index in [1.165, 1.54) is 6.08 Å². The molecule has 0 aliphatic carbocycles. The zero-order valence-electron chi connectivity index (χ0n) is 18.5. The fraction of sp³-hybridized carbons (Fsp3) is 0.250. The van der Waals surface area contributed by atoms with Gasteiger partial charge in [-0.1, -0.05) is 42.5 Å². The van der Waals surface area contributed by atoms with Crippen LogP contribution in [0.2, 0.25) is 0 Å². The summed E-state index contributed by atoms with van der Waals surface area (Å²) in [7, 11) is -1.29. The number of anilines is 1. The Bertz CT molecular complexity index is 1100. The summed E-state index contributed by atoms with van der Waals surface area (Å²) < 4.78 is 25.1. The number of benzene rings is 2. The van der Waals surface area contributed by atoms with Crippen LogP contribution in [0.15, 0.2) is 66.9 Å². The van der Waals surface area contributed by atoms with E-state index < -0.39 is 7.60 Å². The Labute approximate surface area is 188 Å². The lowest BCUT2D eigenvalue weighted by molar-refractivity contribution is -0.111. The summed E-state index contributed by atoms with van der Waals surface area (Å²) in [4.78, 5) is 12.4. The van der Waals surface area contributed by atoms with E-state index in [1.807, 2.05) is 37.4 Å². The molecule has 0 bridgehead atoms. The van der Waals surface area contributed by atoms with Crippen LogP contribution in [0.5, 0.6) is 0 Å². The average Bonchev–Trinajstić information content (AvgIpc) is 3.15. The van der Waals surface area contributed by atoms with Crippen LogP contribution in [0.1, 0.15) is 25.0 Å². The molecule has 3 aromatic rings. The molecule has 0 radical (unpaired) electrons. The van der Waals surface area contributed by atoms with E-state index in [-0.39, 0.29) is 12.1 Å². The highest BCUT2D eigenvalue weighted by molar-refractivity contribution is 7.53. The number of rotatable bonds is 10. The van der Waals surface area contributed by atoms with E-state index in [0.717, 1.165) is 22.4 Å². The summed E-state index contributed by atoms with van der Waals surface area (Å²) >= 11 is 0. The predicted molar refractivity (Wildman–Crippen MR) is 127 cm³/mol. The van der Waals surface area contributed by atoms with Crippen molar-refractivity contribution in [1.82, 2.24) is 9.78 Å². The van der Waals surface area contributed by atoms with E-state index >= 15 is 0 Å². The van der Waals surface area contributed by atoms with Crippen molar-refractivity contribution >= 4 is 25.3 Å². The molecule has 0 fully saturated rings. The fourth-order valence-electron chi connectivity index (χ4n) is 3.31. The Morgan fingerprint density at radius 2 is 1.72 bits per heavy atom. The molecular formula is C24H28N3O4P. The summed E-state index contributed by atoms with van der Waals surface area (Å²) in [5.41, 5.74) is 4.27. The van der Waals surface area contributed by atoms with Gasteiger partial charge in [0.05, 0.1) is 31.3 Å². The summed E-state index contributed by atoms with van der Waals surface area (Å²) in [5, 5.41) is 7.14. The van der Waals surface area contributed by atoms with Crippen molar-refractivity contribution in [2.45, 2.75) is 20.0 Å². The lowest BCUT2D eigenvalue weighted by Gasteiger charge is -2.17. The first-order valence-corrected chi connectivity index (χ1v) is 12.2. The van der Waals surface area contributed by atoms with Crippen molar-refractivity contribution in [1.29, 1.82) is 0 Å². The maximum Gasteiger partial charge on any atom is 0.335 e. The van der Waals surface area contributed by atoms with Gasteiger partial charge >= 0.3 is 7.60 Å². The van der Waals surface area contributed by atoms with Gasteiger partial charge in [-0.3, -0.25) is 14.0 Å². The quantitative estimate of drug-likeness (QED) is 0.324. The van der Waals surface area contributed by atoms with Gasteiger partial charge < -0.3 is 14.4 Å². The van der Waals surface area contributed by atoms with Gasteiger partial charge in [0.15, 0.2) is 0 Å². The normalized spacial score (nSPS) is 11.7. The maximum absolute atomic E-state index is 12.7. The van der Waals surface area contributed by atoms with E-state index in [4.69, 9.17) is 9.05 Å². The highest BCUT2D eigenvalue weighted by atomic mass is 31.2. The summed E-state index contributed by atoms with van der Waals surface area (Å²) in [5.74, 6) is -0.255. The number of nitrogens with one attached hydrogen (secondary N) is 1. The van der Waals surface area contributed by atoms with Crippen molar-refractivity contribution in [2.75, 3.05) is 18.5 Å². The van der Waals surface area contributed by atoms with Crippen LogP contribution < -0.4 is 5.32 Å². The molecule has 2 aromatic carbocycles. The Hall–Kier alpha value is -2.99. The number of hydrogen-bond acceptors (Lipinski definition) is 5. The lowest BCUT2D eigenvalue weighted by Crippen LogP contribution is -2.07. The first kappa shape index (κ1) is 23.7. The highest BCUT2D eigenvalue weighted by Crippen LogP contribution is 2.51. The standard InChI is InChI=1S/C24H28N3O4P/c1-4-30-32(29,31-5-2)18-19-11-14-22(15-12-19)26-23(28)16-13-21-17-25-27(3)24(21)20-9-7-6-8-10-20/h6-17H,4-5,18H2,1-3H3,(H,26,28)/b16-13+. The molecule has 168 valence electrons. The first-order chi connectivity index (χ1) is 15.4. The predicted octanol–water partition coefficient (Wildman–Crippen LogP) is 5.51. The van der Waals surface area contributed by atoms with Crippen LogP contribution in [0.4, 0.5) is 5.69 Å². The highest BCUT2D eigenvalue weighted by Gasteiger charge is 2.23. The molecule has 1 N–H and O–H groups in total. The topological polar surface area (TPSA) is 82.5 Å². The molecular weight excluding hydrogens is 425 g/mol. The molecule has 1 heterocycles. The van der Waals surface area contributed by atoms with Gasteiger partial charge in [-0.25, -0.2) is 0 Å². The van der Waals surface area contributed by atoms with Crippen molar-refractivity contribution in [3.63, 3.8) is 0 Å². The van der Waals surface area contributed by atoms with Gasteiger partial charge in [0.1, 0.15) is 0 Å². The third-order valence-corrected chi connectivity index (χ3v) is 6.73. The van der Waals surface area contributed by atoms with E-state index in [2.05, 4.69) is 10.4 Å².